The first-order valence-corrected chi connectivity index (χ1v) is 11.9. The van der Waals surface area contributed by atoms with E-state index in [1.807, 2.05) is 0 Å². The fourth-order valence-corrected chi connectivity index (χ4v) is 3.95. The number of sulfone groups is 1. The van der Waals surface area contributed by atoms with E-state index in [0.29, 0.717) is 12.1 Å². The van der Waals surface area contributed by atoms with Gasteiger partial charge < -0.3 is 14.4 Å². The molecule has 4 rings (SSSR count). The Labute approximate surface area is 190 Å². The Kier molecular flexibility index (Phi) is 5.97. The minimum atomic E-state index is -4.49. The Bertz CT molecular complexity index is 1380. The number of nitrogens with zero attached hydrogens (tertiary/aromatic N) is 5. The summed E-state index contributed by atoms with van der Waals surface area (Å²) in [5, 5.41) is 3.97. The van der Waals surface area contributed by atoms with E-state index in [4.69, 9.17) is 4.74 Å². The summed E-state index contributed by atoms with van der Waals surface area (Å²) in [6.45, 7) is -1.20. The molecule has 1 amide bonds. The molecule has 1 aliphatic heterocycles. The number of carbonyl (C=O) groups is 1. The normalized spacial score (nSPS) is 16.9. The molecule has 0 radical (unpaired) electrons. The highest BCUT2D eigenvalue weighted by atomic mass is 32.2. The van der Waals surface area contributed by atoms with Crippen molar-refractivity contribution >= 4 is 27.1 Å². The first-order valence-electron chi connectivity index (χ1n) is 9.80. The number of anilines is 1. The van der Waals surface area contributed by atoms with Gasteiger partial charge in [-0.3, -0.25) is 4.79 Å². The van der Waals surface area contributed by atoms with Crippen molar-refractivity contribution in [3.63, 3.8) is 0 Å². The summed E-state index contributed by atoms with van der Waals surface area (Å²) in [5.41, 5.74) is -0.0602. The van der Waals surface area contributed by atoms with Crippen LogP contribution >= 0.6 is 0 Å². The Morgan fingerprint density at radius 1 is 1.18 bits per heavy atom. The van der Waals surface area contributed by atoms with Crippen LogP contribution in [-0.2, 0) is 20.5 Å². The average molecular weight is 501 g/mol. The third kappa shape index (κ3) is 5.30. The van der Waals surface area contributed by atoms with Crippen LogP contribution in [0.2, 0.25) is 0 Å². The predicted octanol–water partition coefficient (Wildman–Crippen LogP) is 1.02. The van der Waals surface area contributed by atoms with Crippen LogP contribution in [0.15, 0.2) is 41.5 Å². The SMILES string of the molecule is CS(=O)(=O)Cn1nc2ccc(N3CC[C@@H](Oc4ccc(OCC(F)(F)F)nc4)C3=O)cn2c1=O. The van der Waals surface area contributed by atoms with Crippen molar-refractivity contribution in [3.8, 4) is 11.6 Å². The first kappa shape index (κ1) is 23.5. The molecule has 34 heavy (non-hydrogen) atoms. The monoisotopic (exact) mass is 501 g/mol. The quantitative estimate of drug-likeness (QED) is 0.470. The van der Waals surface area contributed by atoms with E-state index in [0.717, 1.165) is 21.5 Å². The molecule has 1 fully saturated rings. The summed E-state index contributed by atoms with van der Waals surface area (Å²) in [5.74, 6) is -1.03. The second kappa shape index (κ2) is 8.62. The third-order valence-corrected chi connectivity index (χ3v) is 5.47. The van der Waals surface area contributed by atoms with Gasteiger partial charge in [0, 0.05) is 31.5 Å². The molecule has 0 saturated carbocycles. The smallest absolute Gasteiger partial charge is 0.422 e. The van der Waals surface area contributed by atoms with E-state index in [1.165, 1.54) is 29.3 Å². The topological polar surface area (TPSA) is 125 Å². The molecule has 3 aromatic heterocycles. The average Bonchev–Trinajstić information content (AvgIpc) is 3.25. The Morgan fingerprint density at radius 2 is 1.94 bits per heavy atom. The van der Waals surface area contributed by atoms with E-state index in [1.54, 1.807) is 6.07 Å². The van der Waals surface area contributed by atoms with Crippen molar-refractivity contribution in [1.29, 1.82) is 0 Å². The molecule has 0 bridgehead atoms. The molecule has 0 N–H and O–H groups in total. The van der Waals surface area contributed by atoms with Gasteiger partial charge in [0.2, 0.25) is 5.88 Å². The van der Waals surface area contributed by atoms with Gasteiger partial charge in [-0.25, -0.2) is 22.6 Å². The Morgan fingerprint density at radius 3 is 2.59 bits per heavy atom. The Balaban J connectivity index is 1.46. The zero-order valence-electron chi connectivity index (χ0n) is 17.6. The van der Waals surface area contributed by atoms with Gasteiger partial charge in [-0.05, 0) is 18.2 Å². The molecule has 15 heteroatoms. The summed E-state index contributed by atoms with van der Waals surface area (Å²) in [6, 6.07) is 5.60. The summed E-state index contributed by atoms with van der Waals surface area (Å²) in [4.78, 5) is 30.5. The lowest BCUT2D eigenvalue weighted by atomic mass is 10.3. The van der Waals surface area contributed by atoms with E-state index in [2.05, 4.69) is 14.8 Å². The molecule has 0 aliphatic carbocycles. The number of ether oxygens (including phenoxy) is 2. The van der Waals surface area contributed by atoms with E-state index < -0.39 is 46.2 Å². The van der Waals surface area contributed by atoms with Gasteiger partial charge in [0.05, 0.1) is 11.9 Å². The highest BCUT2D eigenvalue weighted by molar-refractivity contribution is 7.89. The molecule has 4 heterocycles. The molecule has 1 atom stereocenters. The number of amides is 1. The van der Waals surface area contributed by atoms with Gasteiger partial charge in [-0.15, -0.1) is 5.10 Å². The largest absolute Gasteiger partial charge is 0.479 e. The standard InChI is InChI=1S/C19H18F3N5O6S/c1-34(30,31)11-27-18(29)26-9-12(2-4-15(26)24-27)25-7-6-14(17(25)28)33-13-3-5-16(23-8-13)32-10-19(20,21)22/h2-5,8-9,14H,6-7,10-11H2,1H3/t14-/m1/s1. The molecular formula is C19H18F3N5O6S. The number of carbonyl (C=O) groups excluding carboxylic acids is 1. The highest BCUT2D eigenvalue weighted by Crippen LogP contribution is 2.26. The molecule has 1 aliphatic rings. The molecule has 182 valence electrons. The maximum atomic E-state index is 12.8. The van der Waals surface area contributed by atoms with Crippen LogP contribution in [0.5, 0.6) is 11.6 Å². The minimum Gasteiger partial charge on any atom is -0.479 e. The van der Waals surface area contributed by atoms with Gasteiger partial charge in [0.15, 0.2) is 28.2 Å². The zero-order chi connectivity index (χ0) is 24.7. The van der Waals surface area contributed by atoms with Gasteiger partial charge in [-0.2, -0.15) is 17.9 Å². The van der Waals surface area contributed by atoms with Crippen molar-refractivity contribution < 1.29 is 35.9 Å². The number of fused-ring (bicyclic) bond motifs is 1. The third-order valence-electron chi connectivity index (χ3n) is 4.76. The first-order chi connectivity index (χ1) is 15.9. The van der Waals surface area contributed by atoms with Crippen LogP contribution in [0.3, 0.4) is 0 Å². The van der Waals surface area contributed by atoms with Crippen molar-refractivity contribution in [2.75, 3.05) is 24.3 Å². The number of pyridine rings is 2. The number of aromatic nitrogens is 4. The van der Waals surface area contributed by atoms with Crippen molar-refractivity contribution in [2.24, 2.45) is 0 Å². The fraction of sp³-hybridized carbons (Fsp3) is 0.368. The lowest BCUT2D eigenvalue weighted by Gasteiger charge is -2.17. The Hall–Kier alpha value is -3.62. The van der Waals surface area contributed by atoms with Crippen molar-refractivity contribution in [2.45, 2.75) is 24.6 Å². The molecule has 0 spiro atoms. The molecule has 3 aromatic rings. The van der Waals surface area contributed by atoms with E-state index >= 15 is 0 Å². The fourth-order valence-electron chi connectivity index (χ4n) is 3.33. The van der Waals surface area contributed by atoms with Crippen LogP contribution in [0.25, 0.3) is 5.65 Å². The summed E-state index contributed by atoms with van der Waals surface area (Å²) >= 11 is 0. The second-order valence-corrected chi connectivity index (χ2v) is 9.68. The number of hydrogen-bond acceptors (Lipinski definition) is 8. The van der Waals surface area contributed by atoms with Gasteiger partial charge in [0.25, 0.3) is 5.91 Å². The molecular weight excluding hydrogens is 483 g/mol. The van der Waals surface area contributed by atoms with Crippen LogP contribution in [-0.4, -0.2) is 65.2 Å². The molecule has 11 nitrogen and oxygen atoms in total. The zero-order valence-corrected chi connectivity index (χ0v) is 18.4. The predicted molar refractivity (Wildman–Crippen MR) is 111 cm³/mol. The highest BCUT2D eigenvalue weighted by Gasteiger charge is 2.35. The maximum Gasteiger partial charge on any atom is 0.422 e. The number of rotatable bonds is 7. The number of alkyl halides is 3. The second-order valence-electron chi connectivity index (χ2n) is 7.57. The maximum absolute atomic E-state index is 12.8. The van der Waals surface area contributed by atoms with Crippen LogP contribution < -0.4 is 20.1 Å². The number of halogens is 3. The van der Waals surface area contributed by atoms with E-state index in [9.17, 15) is 31.2 Å². The molecule has 0 unspecified atom stereocenters. The molecule has 1 saturated heterocycles. The van der Waals surface area contributed by atoms with Crippen molar-refractivity contribution in [1.82, 2.24) is 19.2 Å². The number of hydrogen-bond donors (Lipinski definition) is 0. The lowest BCUT2D eigenvalue weighted by molar-refractivity contribution is -0.154. The molecule has 0 aromatic carbocycles. The van der Waals surface area contributed by atoms with Crippen LogP contribution in [0, 0.1) is 0 Å². The summed E-state index contributed by atoms with van der Waals surface area (Å²) in [7, 11) is -3.49. The van der Waals surface area contributed by atoms with Crippen LogP contribution in [0.4, 0.5) is 18.9 Å². The lowest BCUT2D eigenvalue weighted by Crippen LogP contribution is -2.32. The van der Waals surface area contributed by atoms with Crippen molar-refractivity contribution in [3.05, 3.63) is 47.1 Å². The summed E-state index contributed by atoms with van der Waals surface area (Å²) in [6.07, 6.45) is -1.52. The van der Waals surface area contributed by atoms with E-state index in [-0.39, 0.29) is 23.8 Å². The van der Waals surface area contributed by atoms with Gasteiger partial charge in [-0.1, -0.05) is 0 Å². The van der Waals surface area contributed by atoms with Gasteiger partial charge >= 0.3 is 11.9 Å². The minimum absolute atomic E-state index is 0.174. The summed E-state index contributed by atoms with van der Waals surface area (Å²) < 4.78 is 71.8. The van der Waals surface area contributed by atoms with Crippen LogP contribution in [0.1, 0.15) is 6.42 Å². The van der Waals surface area contributed by atoms with Gasteiger partial charge in [0.1, 0.15) is 11.6 Å².